The van der Waals surface area contributed by atoms with E-state index in [0.717, 1.165) is 16.7 Å². The molecule has 168 valence electrons. The summed E-state index contributed by atoms with van der Waals surface area (Å²) in [6.45, 7) is 21.7. The van der Waals surface area contributed by atoms with Crippen molar-refractivity contribution in [2.24, 2.45) is 5.73 Å². The summed E-state index contributed by atoms with van der Waals surface area (Å²) in [7, 11) is 0. The molecule has 0 spiro atoms. The van der Waals surface area contributed by atoms with E-state index >= 15 is 0 Å². The van der Waals surface area contributed by atoms with Gasteiger partial charge in [-0.05, 0) is 64.1 Å². The van der Waals surface area contributed by atoms with Crippen LogP contribution in [0.3, 0.4) is 0 Å². The van der Waals surface area contributed by atoms with Crippen LogP contribution in [0.1, 0.15) is 58.2 Å². The molecule has 0 aliphatic carbocycles. The largest absolute Gasteiger partial charge is 0.507 e. The van der Waals surface area contributed by atoms with E-state index in [1.54, 1.807) is 12.2 Å². The normalized spacial score (nSPS) is 11.0. The van der Waals surface area contributed by atoms with E-state index in [2.05, 4.69) is 72.7 Å². The van der Waals surface area contributed by atoms with Crippen molar-refractivity contribution in [3.63, 3.8) is 0 Å². The smallest absolute Gasteiger partial charge is 0.260 e. The zero-order chi connectivity index (χ0) is 23.7. The summed E-state index contributed by atoms with van der Waals surface area (Å²) in [4.78, 5) is 1.89. The van der Waals surface area contributed by atoms with Gasteiger partial charge in [0.1, 0.15) is 12.4 Å². The number of aliphatic hydroxyl groups excluding tert-OH is 1. The molecule has 0 amide bonds. The van der Waals surface area contributed by atoms with E-state index in [4.69, 9.17) is 22.1 Å². The summed E-state index contributed by atoms with van der Waals surface area (Å²) in [6, 6.07) is 4.02. The van der Waals surface area contributed by atoms with Gasteiger partial charge in [0.2, 0.25) is 0 Å². The van der Waals surface area contributed by atoms with Gasteiger partial charge in [-0.2, -0.15) is 0 Å². The Hall–Kier alpha value is -2.12. The second-order valence-corrected chi connectivity index (χ2v) is 9.68. The molecule has 0 bridgehead atoms. The van der Waals surface area contributed by atoms with Crippen LogP contribution in [0, 0.1) is 0 Å². The monoisotopic (exact) mass is 452 g/mol. The van der Waals surface area contributed by atoms with E-state index in [0.29, 0.717) is 30.6 Å². The molecule has 4 N–H and O–H groups in total. The van der Waals surface area contributed by atoms with Crippen LogP contribution in [0.5, 0.6) is 5.75 Å². The minimum absolute atomic E-state index is 0.168. The molecule has 7 heteroatoms. The fraction of sp³-hybridized carbons (Fsp3) is 0.478. The van der Waals surface area contributed by atoms with Gasteiger partial charge in [-0.15, -0.1) is 13.2 Å². The minimum atomic E-state index is -0.500. The zero-order valence-electron chi connectivity index (χ0n) is 19.0. The van der Waals surface area contributed by atoms with Crippen LogP contribution < -0.4 is 5.73 Å². The van der Waals surface area contributed by atoms with Crippen molar-refractivity contribution < 1.29 is 14.9 Å². The van der Waals surface area contributed by atoms with Gasteiger partial charge in [0, 0.05) is 13.1 Å². The Morgan fingerprint density at radius 3 is 1.70 bits per heavy atom. The van der Waals surface area contributed by atoms with Crippen molar-refractivity contribution in [3.05, 3.63) is 54.1 Å². The minimum Gasteiger partial charge on any atom is -0.507 e. The molecule has 0 aromatic heterocycles. The van der Waals surface area contributed by atoms with Crippen LogP contribution in [-0.2, 0) is 22.2 Å². The molecule has 0 aliphatic heterocycles. The van der Waals surface area contributed by atoms with Crippen LogP contribution in [0.25, 0.3) is 0 Å². The summed E-state index contributed by atoms with van der Waals surface area (Å²) >= 11 is 9.27. The van der Waals surface area contributed by atoms with Crippen molar-refractivity contribution in [1.82, 2.24) is 4.90 Å². The number of nitrogens with two attached hydrogens (primary N) is 1. The summed E-state index contributed by atoms with van der Waals surface area (Å²) in [5.41, 5.74) is 6.90. The fourth-order valence-corrected chi connectivity index (χ4v) is 2.90. The van der Waals surface area contributed by atoms with E-state index < -0.39 is 5.17 Å². The lowest BCUT2D eigenvalue weighted by molar-refractivity contribution is 0.245. The number of aromatic hydroxyl groups is 1. The predicted octanol–water partition coefficient (Wildman–Crippen LogP) is 5.25. The highest BCUT2D eigenvalue weighted by Gasteiger charge is 2.26. The molecule has 0 saturated carbocycles. The van der Waals surface area contributed by atoms with Crippen molar-refractivity contribution >= 4 is 34.8 Å². The molecule has 30 heavy (non-hydrogen) atoms. The Labute approximate surface area is 192 Å². The number of phenolic OH excluding ortho intramolecular Hbond substituents is 1. The molecule has 1 rings (SSSR count). The quantitative estimate of drug-likeness (QED) is 0.402. The van der Waals surface area contributed by atoms with Crippen molar-refractivity contribution in [2.45, 2.75) is 59.0 Å². The van der Waals surface area contributed by atoms with Crippen molar-refractivity contribution in [3.8, 4) is 5.75 Å². The number of ether oxygens (including phenoxy) is 1. The maximum atomic E-state index is 10.8. The summed E-state index contributed by atoms with van der Waals surface area (Å²) < 4.78 is 5.85. The third kappa shape index (κ3) is 9.59. The Balaban J connectivity index is 0.00000192. The molecule has 0 saturated heterocycles. The molecule has 1 aromatic rings. The third-order valence-electron chi connectivity index (χ3n) is 4.11. The van der Waals surface area contributed by atoms with Crippen molar-refractivity contribution in [1.29, 1.82) is 0 Å². The van der Waals surface area contributed by atoms with Crippen LogP contribution in [0.15, 0.2) is 37.4 Å². The van der Waals surface area contributed by atoms with Gasteiger partial charge in [-0.1, -0.05) is 53.7 Å². The Bertz CT molecular complexity index is 714. The maximum absolute atomic E-state index is 10.8. The molecular formula is C23H36N2O3S2. The molecule has 5 nitrogen and oxygen atoms in total. The van der Waals surface area contributed by atoms with Crippen molar-refractivity contribution in [2.75, 3.05) is 13.1 Å². The molecule has 1 aromatic carbocycles. The van der Waals surface area contributed by atoms with Gasteiger partial charge in [0.25, 0.3) is 10.3 Å². The van der Waals surface area contributed by atoms with Gasteiger partial charge < -0.3 is 25.6 Å². The number of benzene rings is 1. The highest BCUT2D eigenvalue weighted by molar-refractivity contribution is 7.80. The Morgan fingerprint density at radius 1 is 1.03 bits per heavy atom. The molecule has 0 aliphatic rings. The first-order chi connectivity index (χ1) is 13.6. The van der Waals surface area contributed by atoms with Gasteiger partial charge in [0.15, 0.2) is 0 Å². The number of hydrogen-bond donors (Lipinski definition) is 3. The highest BCUT2D eigenvalue weighted by Crippen LogP contribution is 2.39. The fourth-order valence-electron chi connectivity index (χ4n) is 2.69. The first-order valence-corrected chi connectivity index (χ1v) is 10.5. The van der Waals surface area contributed by atoms with Crippen LogP contribution in [0.4, 0.5) is 0 Å². The number of phenols is 1. The Morgan fingerprint density at radius 2 is 1.40 bits per heavy atom. The standard InChI is InChI=1S/C22H33NO2S.CH3NOS/c1-9-11-23(12-10-2)20(26)25-15-16-13-17(21(3,4)5)19(24)18(14-16)22(6,7)8;2-1(3)4/h9-10,13-14,24H,1-2,11-12,15H2,3-8H3;(H3,2,3,4). The van der Waals surface area contributed by atoms with Crippen LogP contribution >= 0.6 is 24.4 Å². The Kier molecular flexibility index (Phi) is 11.1. The van der Waals surface area contributed by atoms with Gasteiger partial charge in [-0.25, -0.2) is 0 Å². The van der Waals surface area contributed by atoms with E-state index in [-0.39, 0.29) is 10.8 Å². The highest BCUT2D eigenvalue weighted by atomic mass is 32.1. The average molecular weight is 453 g/mol. The lowest BCUT2D eigenvalue weighted by Gasteiger charge is -2.28. The second kappa shape index (κ2) is 11.9. The summed E-state index contributed by atoms with van der Waals surface area (Å²) in [5, 5.41) is 18.3. The van der Waals surface area contributed by atoms with Gasteiger partial charge in [-0.3, -0.25) is 0 Å². The topological polar surface area (TPSA) is 79.0 Å². The second-order valence-electron chi connectivity index (χ2n) is 8.91. The number of thiocarbonyl (C=S) groups is 2. The van der Waals surface area contributed by atoms with E-state index in [9.17, 15) is 5.11 Å². The first-order valence-electron chi connectivity index (χ1n) is 9.63. The van der Waals surface area contributed by atoms with Crippen LogP contribution in [0.2, 0.25) is 0 Å². The molecular weight excluding hydrogens is 416 g/mol. The van der Waals surface area contributed by atoms with E-state index in [1.807, 2.05) is 17.0 Å². The van der Waals surface area contributed by atoms with Gasteiger partial charge in [0.05, 0.1) is 0 Å². The first kappa shape index (κ1) is 27.9. The van der Waals surface area contributed by atoms with Crippen LogP contribution in [-0.4, -0.2) is 38.6 Å². The summed E-state index contributed by atoms with van der Waals surface area (Å²) in [5.74, 6) is 0.372. The lowest BCUT2D eigenvalue weighted by Crippen LogP contribution is -2.31. The number of nitrogens with zero attached hydrogens (tertiary/aromatic N) is 1. The predicted molar refractivity (Wildman–Crippen MR) is 134 cm³/mol. The number of rotatable bonds is 6. The van der Waals surface area contributed by atoms with Gasteiger partial charge >= 0.3 is 0 Å². The zero-order valence-corrected chi connectivity index (χ0v) is 20.6. The molecule has 0 radical (unpaired) electrons. The SMILES string of the molecule is C=CCN(CC=C)C(=S)OCc1cc(C(C)(C)C)c(O)c(C(C)(C)C)c1.NC(O)=S. The molecule has 0 heterocycles. The maximum Gasteiger partial charge on any atom is 0.260 e. The number of hydrogen-bond acceptors (Lipinski definition) is 4. The number of aliphatic hydroxyl groups is 1. The lowest BCUT2D eigenvalue weighted by atomic mass is 9.78. The third-order valence-corrected chi connectivity index (χ3v) is 4.48. The molecule has 0 atom stereocenters. The average Bonchev–Trinajstić information content (AvgIpc) is 2.57. The summed E-state index contributed by atoms with van der Waals surface area (Å²) in [6.07, 6.45) is 3.57. The molecule has 0 unspecified atom stereocenters. The molecule has 0 fully saturated rings. The van der Waals surface area contributed by atoms with E-state index in [1.165, 1.54) is 0 Å².